The first-order chi connectivity index (χ1) is 11.6. The van der Waals surface area contributed by atoms with Gasteiger partial charge in [-0.15, -0.1) is 0 Å². The minimum absolute atomic E-state index is 0.0386. The fourth-order valence-corrected chi connectivity index (χ4v) is 3.72. The summed E-state index contributed by atoms with van der Waals surface area (Å²) < 4.78 is 10.1. The topological polar surface area (TPSA) is 58.0 Å². The maximum absolute atomic E-state index is 6.29. The second-order valence-corrected chi connectivity index (χ2v) is 6.75. The minimum atomic E-state index is 0.0386. The van der Waals surface area contributed by atoms with Gasteiger partial charge in [0.15, 0.2) is 6.23 Å². The van der Waals surface area contributed by atoms with E-state index in [1.54, 1.807) is 0 Å². The predicted molar refractivity (Wildman–Crippen MR) is 96.5 cm³/mol. The molecule has 2 N–H and O–H groups in total. The molecule has 1 aromatic carbocycles. The number of hydrogen-bond acceptors (Lipinski definition) is 3. The Labute approximate surface area is 142 Å². The molecule has 5 heteroatoms. The fraction of sp³-hybridized carbons (Fsp3) is 0.421. The molecule has 5 nitrogen and oxygen atoms in total. The highest BCUT2D eigenvalue weighted by Crippen LogP contribution is 2.33. The molecule has 0 spiro atoms. The van der Waals surface area contributed by atoms with Crippen molar-refractivity contribution in [3.05, 3.63) is 41.2 Å². The highest BCUT2D eigenvalue weighted by atomic mass is 16.5. The van der Waals surface area contributed by atoms with Gasteiger partial charge in [0, 0.05) is 17.7 Å². The number of fused-ring (bicyclic) bond motifs is 1. The summed E-state index contributed by atoms with van der Waals surface area (Å²) in [5.74, 6) is 0.766. The van der Waals surface area contributed by atoms with Crippen LogP contribution in [0, 0.1) is 20.8 Å². The third-order valence-corrected chi connectivity index (χ3v) is 5.13. The van der Waals surface area contributed by atoms with Gasteiger partial charge in [-0.1, -0.05) is 6.07 Å². The molecule has 1 aliphatic rings. The van der Waals surface area contributed by atoms with Gasteiger partial charge < -0.3 is 10.5 Å². The Morgan fingerprint density at radius 1 is 1.17 bits per heavy atom. The number of nitrogens with two attached hydrogens (primary N) is 1. The molecule has 126 valence electrons. The molecule has 0 bridgehead atoms. The van der Waals surface area contributed by atoms with E-state index in [1.807, 2.05) is 16.9 Å². The maximum atomic E-state index is 6.29. The van der Waals surface area contributed by atoms with Crippen molar-refractivity contribution in [2.45, 2.75) is 46.3 Å². The van der Waals surface area contributed by atoms with Crippen molar-refractivity contribution in [2.75, 3.05) is 12.3 Å². The lowest BCUT2D eigenvalue weighted by Gasteiger charge is -2.23. The van der Waals surface area contributed by atoms with Gasteiger partial charge in [0.1, 0.15) is 5.82 Å². The molecule has 0 radical (unpaired) electrons. The van der Waals surface area contributed by atoms with Gasteiger partial charge in [-0.2, -0.15) is 5.10 Å². The summed E-state index contributed by atoms with van der Waals surface area (Å²) in [6.07, 6.45) is 5.33. The van der Waals surface area contributed by atoms with Gasteiger partial charge in [-0.3, -0.25) is 4.57 Å². The lowest BCUT2D eigenvalue weighted by Crippen LogP contribution is -2.19. The molecule has 0 aliphatic carbocycles. The summed E-state index contributed by atoms with van der Waals surface area (Å²) in [7, 11) is 0. The summed E-state index contributed by atoms with van der Waals surface area (Å²) >= 11 is 0. The van der Waals surface area contributed by atoms with E-state index in [2.05, 4.69) is 42.6 Å². The Hall–Kier alpha value is -2.27. The average molecular weight is 324 g/mol. The number of anilines is 1. The summed E-state index contributed by atoms with van der Waals surface area (Å²) in [5.41, 5.74) is 12.1. The Morgan fingerprint density at radius 3 is 2.67 bits per heavy atom. The van der Waals surface area contributed by atoms with Crippen LogP contribution >= 0.6 is 0 Å². The summed E-state index contributed by atoms with van der Waals surface area (Å²) in [6, 6.07) is 6.32. The van der Waals surface area contributed by atoms with E-state index in [1.165, 1.54) is 23.2 Å². The van der Waals surface area contributed by atoms with Crippen LogP contribution in [0.3, 0.4) is 0 Å². The van der Waals surface area contributed by atoms with E-state index in [0.29, 0.717) is 0 Å². The van der Waals surface area contributed by atoms with Gasteiger partial charge in [0.2, 0.25) is 0 Å². The van der Waals surface area contributed by atoms with Crippen LogP contribution in [-0.2, 0) is 4.74 Å². The monoisotopic (exact) mass is 324 g/mol. The fourth-order valence-electron chi connectivity index (χ4n) is 3.72. The van der Waals surface area contributed by atoms with E-state index < -0.39 is 0 Å². The molecule has 1 saturated heterocycles. The third-order valence-electron chi connectivity index (χ3n) is 5.13. The SMILES string of the molecule is Cc1ccc2c(cnn2C2CCCCO2)c1-n1c(N)cc(C)c1C. The molecule has 1 aliphatic heterocycles. The van der Waals surface area contributed by atoms with E-state index in [0.717, 1.165) is 41.9 Å². The quantitative estimate of drug-likeness (QED) is 0.774. The minimum Gasteiger partial charge on any atom is -0.385 e. The first-order valence-corrected chi connectivity index (χ1v) is 8.61. The van der Waals surface area contributed by atoms with Crippen LogP contribution in [0.5, 0.6) is 0 Å². The van der Waals surface area contributed by atoms with Gasteiger partial charge >= 0.3 is 0 Å². The van der Waals surface area contributed by atoms with Crippen molar-refractivity contribution >= 4 is 16.7 Å². The number of rotatable bonds is 2. The second kappa shape index (κ2) is 5.67. The summed E-state index contributed by atoms with van der Waals surface area (Å²) in [6.45, 7) is 7.14. The highest BCUT2D eigenvalue weighted by Gasteiger charge is 2.21. The molecule has 0 saturated carbocycles. The Kier molecular flexibility index (Phi) is 3.61. The zero-order chi connectivity index (χ0) is 16.8. The number of ether oxygens (including phenoxy) is 1. The third kappa shape index (κ3) is 2.23. The number of nitrogen functional groups attached to an aromatic ring is 1. The maximum Gasteiger partial charge on any atom is 0.150 e. The van der Waals surface area contributed by atoms with E-state index in [-0.39, 0.29) is 6.23 Å². The Balaban J connectivity index is 1.93. The molecule has 2 aromatic heterocycles. The van der Waals surface area contributed by atoms with Crippen molar-refractivity contribution in [3.63, 3.8) is 0 Å². The molecule has 3 heterocycles. The van der Waals surface area contributed by atoms with E-state index >= 15 is 0 Å². The standard InChI is InChI=1S/C19H24N4O/c1-12-7-8-16-15(11-21-23(16)18-6-4-5-9-24-18)19(12)22-14(3)13(2)10-17(22)20/h7-8,10-11,18H,4-6,9,20H2,1-3H3. The van der Waals surface area contributed by atoms with Crippen LogP contribution in [0.4, 0.5) is 5.82 Å². The summed E-state index contributed by atoms with van der Waals surface area (Å²) in [4.78, 5) is 0. The molecule has 1 unspecified atom stereocenters. The van der Waals surface area contributed by atoms with Crippen molar-refractivity contribution in [2.24, 2.45) is 0 Å². The molecule has 1 fully saturated rings. The van der Waals surface area contributed by atoms with Crippen LogP contribution in [0.15, 0.2) is 24.4 Å². The molecule has 1 atom stereocenters. The number of hydrogen-bond donors (Lipinski definition) is 1. The van der Waals surface area contributed by atoms with E-state index in [4.69, 9.17) is 10.5 Å². The van der Waals surface area contributed by atoms with Gasteiger partial charge in [0.05, 0.1) is 17.4 Å². The number of aromatic nitrogens is 3. The molecule has 4 rings (SSSR count). The van der Waals surface area contributed by atoms with Crippen molar-refractivity contribution < 1.29 is 4.74 Å². The first kappa shape index (κ1) is 15.3. The second-order valence-electron chi connectivity index (χ2n) is 6.75. The zero-order valence-electron chi connectivity index (χ0n) is 14.5. The first-order valence-electron chi connectivity index (χ1n) is 8.61. The van der Waals surface area contributed by atoms with Crippen LogP contribution in [0.2, 0.25) is 0 Å². The molecule has 3 aromatic rings. The number of aryl methyl sites for hydroxylation is 2. The Bertz CT molecular complexity index is 900. The normalized spacial score (nSPS) is 18.4. The zero-order valence-corrected chi connectivity index (χ0v) is 14.5. The van der Waals surface area contributed by atoms with Crippen molar-refractivity contribution in [1.29, 1.82) is 0 Å². The lowest BCUT2D eigenvalue weighted by atomic mass is 10.1. The lowest BCUT2D eigenvalue weighted by molar-refractivity contribution is -0.0366. The van der Waals surface area contributed by atoms with Gasteiger partial charge in [-0.05, 0) is 63.3 Å². The molecule has 0 amide bonds. The van der Waals surface area contributed by atoms with Crippen LogP contribution in [0.1, 0.15) is 42.3 Å². The molecular formula is C19H24N4O. The predicted octanol–water partition coefficient (Wildman–Crippen LogP) is 4.03. The van der Waals surface area contributed by atoms with Crippen molar-refractivity contribution in [3.8, 4) is 5.69 Å². The van der Waals surface area contributed by atoms with Crippen molar-refractivity contribution in [1.82, 2.24) is 14.3 Å². The highest BCUT2D eigenvalue weighted by molar-refractivity contribution is 5.90. The van der Waals surface area contributed by atoms with Crippen LogP contribution in [0.25, 0.3) is 16.6 Å². The number of nitrogens with zero attached hydrogens (tertiary/aromatic N) is 3. The smallest absolute Gasteiger partial charge is 0.150 e. The molecule has 24 heavy (non-hydrogen) atoms. The van der Waals surface area contributed by atoms with Gasteiger partial charge in [-0.25, -0.2) is 4.68 Å². The van der Waals surface area contributed by atoms with E-state index in [9.17, 15) is 0 Å². The van der Waals surface area contributed by atoms with Crippen LogP contribution < -0.4 is 5.73 Å². The molecular weight excluding hydrogens is 300 g/mol. The Morgan fingerprint density at radius 2 is 2.00 bits per heavy atom. The average Bonchev–Trinajstić information content (AvgIpc) is 3.11. The summed E-state index contributed by atoms with van der Waals surface area (Å²) in [5, 5.41) is 5.77. The largest absolute Gasteiger partial charge is 0.385 e. The van der Waals surface area contributed by atoms with Gasteiger partial charge in [0.25, 0.3) is 0 Å². The number of benzene rings is 1. The van der Waals surface area contributed by atoms with Crippen LogP contribution in [-0.4, -0.2) is 21.0 Å².